The lowest BCUT2D eigenvalue weighted by atomic mass is 9.71. The summed E-state index contributed by atoms with van der Waals surface area (Å²) < 4.78 is 5.26. The molecule has 1 fully saturated rings. The van der Waals surface area contributed by atoms with Crippen molar-refractivity contribution in [2.24, 2.45) is 11.3 Å². The summed E-state index contributed by atoms with van der Waals surface area (Å²) in [5, 5.41) is 2.93. The SMILES string of the molecule is CC(C)(CNC(=O)OCc1ccccc1)C1CCCCC1. The third-order valence-electron chi connectivity index (χ3n) is 4.61. The number of rotatable bonds is 5. The van der Waals surface area contributed by atoms with Crippen molar-refractivity contribution < 1.29 is 9.53 Å². The molecule has 1 aliphatic carbocycles. The minimum atomic E-state index is -0.317. The Hall–Kier alpha value is -1.51. The van der Waals surface area contributed by atoms with Crippen molar-refractivity contribution in [1.29, 1.82) is 0 Å². The topological polar surface area (TPSA) is 38.3 Å². The zero-order valence-electron chi connectivity index (χ0n) is 13.2. The van der Waals surface area contributed by atoms with Crippen LogP contribution >= 0.6 is 0 Å². The maximum Gasteiger partial charge on any atom is 0.407 e. The molecule has 2 rings (SSSR count). The molecule has 1 aromatic carbocycles. The number of alkyl carbamates (subject to hydrolysis) is 1. The molecule has 0 bridgehead atoms. The van der Waals surface area contributed by atoms with Crippen LogP contribution in [0.2, 0.25) is 0 Å². The van der Waals surface area contributed by atoms with E-state index in [1.807, 2.05) is 30.3 Å². The number of hydrogen-bond acceptors (Lipinski definition) is 2. The van der Waals surface area contributed by atoms with E-state index in [4.69, 9.17) is 4.74 Å². The molecular formula is C18H27NO2. The first-order valence-corrected chi connectivity index (χ1v) is 8.02. The van der Waals surface area contributed by atoms with Crippen LogP contribution in [0.3, 0.4) is 0 Å². The lowest BCUT2D eigenvalue weighted by Gasteiger charge is -2.37. The molecule has 0 atom stereocenters. The fourth-order valence-corrected chi connectivity index (χ4v) is 3.10. The molecule has 1 saturated carbocycles. The standard InChI is InChI=1S/C18H27NO2/c1-18(2,16-11-7-4-8-12-16)14-19-17(20)21-13-15-9-5-3-6-10-15/h3,5-6,9-10,16H,4,7-8,11-14H2,1-2H3,(H,19,20). The number of nitrogens with one attached hydrogen (secondary N) is 1. The maximum absolute atomic E-state index is 11.8. The van der Waals surface area contributed by atoms with Crippen LogP contribution in [0.5, 0.6) is 0 Å². The van der Waals surface area contributed by atoms with Crippen LogP contribution < -0.4 is 5.32 Å². The van der Waals surface area contributed by atoms with E-state index in [9.17, 15) is 4.79 Å². The van der Waals surface area contributed by atoms with Gasteiger partial charge in [-0.15, -0.1) is 0 Å². The minimum absolute atomic E-state index is 0.145. The van der Waals surface area contributed by atoms with Gasteiger partial charge in [0.25, 0.3) is 0 Å². The van der Waals surface area contributed by atoms with Gasteiger partial charge in [0.2, 0.25) is 0 Å². The van der Waals surface area contributed by atoms with Crippen molar-refractivity contribution in [3.8, 4) is 0 Å². The molecule has 0 unspecified atom stereocenters. The molecule has 116 valence electrons. The second-order valence-electron chi connectivity index (χ2n) is 6.74. The number of hydrogen-bond donors (Lipinski definition) is 1. The van der Waals surface area contributed by atoms with Gasteiger partial charge >= 0.3 is 6.09 Å². The van der Waals surface area contributed by atoms with E-state index in [1.54, 1.807) is 0 Å². The Labute approximate surface area is 128 Å². The summed E-state index contributed by atoms with van der Waals surface area (Å²) in [5.41, 5.74) is 1.16. The van der Waals surface area contributed by atoms with Crippen molar-refractivity contribution in [2.45, 2.75) is 52.6 Å². The zero-order valence-corrected chi connectivity index (χ0v) is 13.2. The Bertz CT molecular complexity index is 436. The predicted octanol–water partition coefficient (Wildman–Crippen LogP) is 4.52. The zero-order chi connectivity index (χ0) is 15.1. The van der Waals surface area contributed by atoms with Gasteiger partial charge in [-0.1, -0.05) is 63.4 Å². The van der Waals surface area contributed by atoms with Crippen molar-refractivity contribution >= 4 is 6.09 Å². The highest BCUT2D eigenvalue weighted by molar-refractivity contribution is 5.67. The highest BCUT2D eigenvalue weighted by Crippen LogP contribution is 2.37. The van der Waals surface area contributed by atoms with Crippen LogP contribution in [-0.4, -0.2) is 12.6 Å². The second kappa shape index (κ2) is 7.48. The van der Waals surface area contributed by atoms with Gasteiger partial charge in [-0.05, 0) is 29.7 Å². The van der Waals surface area contributed by atoms with Crippen LogP contribution in [0.1, 0.15) is 51.5 Å². The number of carbonyl (C=O) groups is 1. The largest absolute Gasteiger partial charge is 0.445 e. The molecule has 0 saturated heterocycles. The van der Waals surface area contributed by atoms with Crippen molar-refractivity contribution in [1.82, 2.24) is 5.32 Å². The molecular weight excluding hydrogens is 262 g/mol. The Morgan fingerprint density at radius 2 is 1.86 bits per heavy atom. The van der Waals surface area contributed by atoms with Gasteiger partial charge in [0.15, 0.2) is 0 Å². The van der Waals surface area contributed by atoms with E-state index < -0.39 is 0 Å². The van der Waals surface area contributed by atoms with Gasteiger partial charge in [0.1, 0.15) is 6.61 Å². The van der Waals surface area contributed by atoms with E-state index in [0.29, 0.717) is 19.1 Å². The lowest BCUT2D eigenvalue weighted by Crippen LogP contribution is -2.39. The minimum Gasteiger partial charge on any atom is -0.445 e. The molecule has 1 N–H and O–H groups in total. The van der Waals surface area contributed by atoms with Crippen molar-refractivity contribution in [3.63, 3.8) is 0 Å². The molecule has 1 aromatic rings. The monoisotopic (exact) mass is 289 g/mol. The summed E-state index contributed by atoms with van der Waals surface area (Å²) in [4.78, 5) is 11.8. The molecule has 0 radical (unpaired) electrons. The molecule has 3 heteroatoms. The summed E-state index contributed by atoms with van der Waals surface area (Å²) in [6.07, 6.45) is 6.27. The maximum atomic E-state index is 11.8. The summed E-state index contributed by atoms with van der Waals surface area (Å²) >= 11 is 0. The molecule has 0 aromatic heterocycles. The molecule has 0 heterocycles. The highest BCUT2D eigenvalue weighted by Gasteiger charge is 2.30. The molecule has 21 heavy (non-hydrogen) atoms. The summed E-state index contributed by atoms with van der Waals surface area (Å²) in [6.45, 7) is 5.52. The smallest absolute Gasteiger partial charge is 0.407 e. The van der Waals surface area contributed by atoms with Gasteiger partial charge < -0.3 is 10.1 Å². The van der Waals surface area contributed by atoms with Gasteiger partial charge in [-0.2, -0.15) is 0 Å². The quantitative estimate of drug-likeness (QED) is 0.865. The molecule has 1 amide bonds. The van der Waals surface area contributed by atoms with Gasteiger partial charge in [0.05, 0.1) is 0 Å². The first-order valence-electron chi connectivity index (χ1n) is 8.02. The van der Waals surface area contributed by atoms with Gasteiger partial charge in [-0.25, -0.2) is 4.79 Å². The molecule has 3 nitrogen and oxygen atoms in total. The number of ether oxygens (including phenoxy) is 1. The van der Waals surface area contributed by atoms with Crippen molar-refractivity contribution in [2.75, 3.05) is 6.54 Å². The normalized spacial score (nSPS) is 16.5. The van der Waals surface area contributed by atoms with E-state index in [1.165, 1.54) is 32.1 Å². The van der Waals surface area contributed by atoms with E-state index in [-0.39, 0.29) is 11.5 Å². The van der Waals surface area contributed by atoms with E-state index in [0.717, 1.165) is 5.56 Å². The first kappa shape index (κ1) is 15.9. The third kappa shape index (κ3) is 5.07. The molecule has 0 aliphatic heterocycles. The average Bonchev–Trinajstić information content (AvgIpc) is 2.53. The number of amides is 1. The van der Waals surface area contributed by atoms with Crippen LogP contribution in [0.25, 0.3) is 0 Å². The number of carbonyl (C=O) groups excluding carboxylic acids is 1. The Morgan fingerprint density at radius 1 is 1.19 bits per heavy atom. The molecule has 1 aliphatic rings. The molecule has 0 spiro atoms. The van der Waals surface area contributed by atoms with Crippen LogP contribution in [0, 0.1) is 11.3 Å². The number of benzene rings is 1. The van der Waals surface area contributed by atoms with Crippen LogP contribution in [0.4, 0.5) is 4.79 Å². The summed E-state index contributed by atoms with van der Waals surface area (Å²) in [5.74, 6) is 0.709. The predicted molar refractivity (Wildman–Crippen MR) is 85.0 cm³/mol. The lowest BCUT2D eigenvalue weighted by molar-refractivity contribution is 0.119. The summed E-state index contributed by atoms with van der Waals surface area (Å²) in [6, 6.07) is 9.76. The van der Waals surface area contributed by atoms with Crippen LogP contribution in [-0.2, 0) is 11.3 Å². The Balaban J connectivity index is 1.72. The van der Waals surface area contributed by atoms with Crippen molar-refractivity contribution in [3.05, 3.63) is 35.9 Å². The van der Waals surface area contributed by atoms with Gasteiger partial charge in [0, 0.05) is 6.54 Å². The van der Waals surface area contributed by atoms with Crippen LogP contribution in [0.15, 0.2) is 30.3 Å². The Morgan fingerprint density at radius 3 is 2.52 bits per heavy atom. The summed E-state index contributed by atoms with van der Waals surface area (Å²) in [7, 11) is 0. The third-order valence-corrected chi connectivity index (χ3v) is 4.61. The van der Waals surface area contributed by atoms with E-state index in [2.05, 4.69) is 19.2 Å². The van der Waals surface area contributed by atoms with Gasteiger partial charge in [-0.3, -0.25) is 0 Å². The Kier molecular flexibility index (Phi) is 5.66. The fraction of sp³-hybridized carbons (Fsp3) is 0.611. The highest BCUT2D eigenvalue weighted by atomic mass is 16.5. The first-order chi connectivity index (χ1) is 10.1. The average molecular weight is 289 g/mol. The fourth-order valence-electron chi connectivity index (χ4n) is 3.10. The van der Waals surface area contributed by atoms with E-state index >= 15 is 0 Å². The second-order valence-corrected chi connectivity index (χ2v) is 6.74.